The van der Waals surface area contributed by atoms with Gasteiger partial charge in [0.15, 0.2) is 5.75 Å². The summed E-state index contributed by atoms with van der Waals surface area (Å²) in [5.41, 5.74) is -0.835. The Morgan fingerprint density at radius 3 is 2.00 bits per heavy atom. The van der Waals surface area contributed by atoms with Crippen LogP contribution in [0.3, 0.4) is 0 Å². The highest BCUT2D eigenvalue weighted by Crippen LogP contribution is 2.40. The Morgan fingerprint density at radius 1 is 1.00 bits per heavy atom. The van der Waals surface area contributed by atoms with Crippen LogP contribution in [0.4, 0.5) is 10.5 Å². The van der Waals surface area contributed by atoms with Gasteiger partial charge < -0.3 is 19.2 Å². The van der Waals surface area contributed by atoms with Gasteiger partial charge in [-0.2, -0.15) is 0 Å². The number of esters is 1. The maximum Gasteiger partial charge on any atom is 0.407 e. The molecule has 0 aromatic heterocycles. The molecule has 0 fully saturated rings. The fraction of sp³-hybridized carbons (Fsp3) is 0.704. The standard InChI is InChI=1S/C27H46N2O7Si/c1-18(23(30)34-25(2,3)4)15-20(28-24(31)35-26(5,6)7)16-19-13-14-22(21(17-19)29(32)33)36-37(11,12)27(8,9)10/h13-14,17-18,20H,15-16H2,1-12H3,(H,28,31). The van der Waals surface area contributed by atoms with E-state index in [4.69, 9.17) is 13.9 Å². The molecule has 2 unspecified atom stereocenters. The highest BCUT2D eigenvalue weighted by atomic mass is 28.4. The van der Waals surface area contributed by atoms with E-state index < -0.39 is 42.5 Å². The van der Waals surface area contributed by atoms with E-state index in [1.165, 1.54) is 6.07 Å². The van der Waals surface area contributed by atoms with Crippen LogP contribution in [0.15, 0.2) is 18.2 Å². The topological polar surface area (TPSA) is 117 Å². The molecular formula is C27H46N2O7Si. The molecule has 0 saturated carbocycles. The highest BCUT2D eigenvalue weighted by molar-refractivity contribution is 6.74. The second-order valence-electron chi connectivity index (χ2n) is 13.1. The average Bonchev–Trinajstić information content (AvgIpc) is 2.64. The van der Waals surface area contributed by atoms with Gasteiger partial charge in [-0.1, -0.05) is 33.8 Å². The Labute approximate surface area is 222 Å². The number of hydrogen-bond acceptors (Lipinski definition) is 7. The van der Waals surface area contributed by atoms with Crippen LogP contribution in [-0.4, -0.2) is 42.5 Å². The van der Waals surface area contributed by atoms with E-state index in [-0.39, 0.29) is 35.3 Å². The van der Waals surface area contributed by atoms with Crippen LogP contribution in [0.1, 0.15) is 81.2 Å². The van der Waals surface area contributed by atoms with E-state index in [1.807, 2.05) is 13.1 Å². The number of hydrogen-bond donors (Lipinski definition) is 1. The van der Waals surface area contributed by atoms with Gasteiger partial charge >= 0.3 is 17.7 Å². The molecule has 2 atom stereocenters. The van der Waals surface area contributed by atoms with Crippen LogP contribution >= 0.6 is 0 Å². The second kappa shape index (κ2) is 11.8. The molecule has 0 heterocycles. The third kappa shape index (κ3) is 11.1. The van der Waals surface area contributed by atoms with Crippen LogP contribution in [0.5, 0.6) is 5.75 Å². The smallest absolute Gasteiger partial charge is 0.407 e. The van der Waals surface area contributed by atoms with Gasteiger partial charge in [0.25, 0.3) is 8.32 Å². The van der Waals surface area contributed by atoms with Crippen LogP contribution in [0.25, 0.3) is 0 Å². The third-order valence-corrected chi connectivity index (χ3v) is 10.4. The van der Waals surface area contributed by atoms with E-state index in [2.05, 4.69) is 26.1 Å². The molecule has 0 saturated heterocycles. The molecule has 9 nitrogen and oxygen atoms in total. The van der Waals surface area contributed by atoms with E-state index >= 15 is 0 Å². The molecule has 1 aromatic rings. The molecule has 0 aliphatic heterocycles. The van der Waals surface area contributed by atoms with Crippen molar-refractivity contribution >= 4 is 26.1 Å². The summed E-state index contributed by atoms with van der Waals surface area (Å²) in [6, 6.07) is 4.33. The van der Waals surface area contributed by atoms with Gasteiger partial charge in [0.1, 0.15) is 11.2 Å². The molecule has 210 valence electrons. The molecule has 1 N–H and O–H groups in total. The van der Waals surface area contributed by atoms with Crippen LogP contribution in [0, 0.1) is 16.0 Å². The highest BCUT2D eigenvalue weighted by Gasteiger charge is 2.40. The van der Waals surface area contributed by atoms with Gasteiger partial charge in [0.05, 0.1) is 10.8 Å². The maximum atomic E-state index is 12.6. The number of nitro groups is 1. The monoisotopic (exact) mass is 538 g/mol. The zero-order chi connectivity index (χ0) is 29.0. The van der Waals surface area contributed by atoms with Gasteiger partial charge in [-0.15, -0.1) is 0 Å². The number of carbonyl (C=O) groups is 2. The van der Waals surface area contributed by atoms with E-state index in [9.17, 15) is 19.7 Å². The number of amides is 1. The summed E-state index contributed by atoms with van der Waals surface area (Å²) in [5.74, 6) is -0.665. The van der Waals surface area contributed by atoms with Gasteiger partial charge in [-0.05, 0) is 84.1 Å². The summed E-state index contributed by atoms with van der Waals surface area (Å²) in [7, 11) is -2.30. The van der Waals surface area contributed by atoms with Crippen molar-refractivity contribution in [1.82, 2.24) is 5.32 Å². The number of nitro benzene ring substituents is 1. The third-order valence-electron chi connectivity index (χ3n) is 6.04. The van der Waals surface area contributed by atoms with Crippen molar-refractivity contribution in [3.63, 3.8) is 0 Å². The first-order valence-corrected chi connectivity index (χ1v) is 15.6. The van der Waals surface area contributed by atoms with Crippen LogP contribution < -0.4 is 9.74 Å². The van der Waals surface area contributed by atoms with Crippen molar-refractivity contribution in [2.45, 2.75) is 117 Å². The van der Waals surface area contributed by atoms with Gasteiger partial charge in [-0.3, -0.25) is 14.9 Å². The summed E-state index contributed by atoms with van der Waals surface area (Å²) in [6.07, 6.45) is -0.0983. The van der Waals surface area contributed by atoms with Crippen molar-refractivity contribution in [3.8, 4) is 5.75 Å². The SMILES string of the molecule is CC(CC(Cc1ccc(O[Si](C)(C)C(C)(C)C)c([N+](=O)[O-])c1)NC(=O)OC(C)(C)C)C(=O)OC(C)(C)C. The normalized spacial score (nSPS) is 14.4. The molecule has 0 radical (unpaired) electrons. The van der Waals surface area contributed by atoms with E-state index in [0.29, 0.717) is 5.56 Å². The number of alkyl carbamates (subject to hydrolysis) is 1. The lowest BCUT2D eigenvalue weighted by molar-refractivity contribution is -0.385. The lowest BCUT2D eigenvalue weighted by Crippen LogP contribution is -2.44. The summed E-state index contributed by atoms with van der Waals surface area (Å²) in [6.45, 7) is 22.7. The Morgan fingerprint density at radius 2 is 1.54 bits per heavy atom. The first kappa shape index (κ1) is 32.4. The number of nitrogens with zero attached hydrogens (tertiary/aromatic N) is 1. The minimum atomic E-state index is -2.30. The molecule has 1 amide bonds. The summed E-state index contributed by atoms with van der Waals surface area (Å²) in [4.78, 5) is 36.6. The number of rotatable bonds is 9. The number of carbonyl (C=O) groups excluding carboxylic acids is 2. The molecule has 0 bridgehead atoms. The molecule has 1 aromatic carbocycles. The Balaban J connectivity index is 3.25. The van der Waals surface area contributed by atoms with Crippen LogP contribution in [-0.2, 0) is 20.7 Å². The Kier molecular flexibility index (Phi) is 10.4. The lowest BCUT2D eigenvalue weighted by atomic mass is 9.95. The van der Waals surface area contributed by atoms with Crippen molar-refractivity contribution in [2.75, 3.05) is 0 Å². The van der Waals surface area contributed by atoms with Gasteiger partial charge in [-0.25, -0.2) is 4.79 Å². The van der Waals surface area contributed by atoms with Crippen molar-refractivity contribution in [3.05, 3.63) is 33.9 Å². The Bertz CT molecular complexity index is 972. The molecule has 0 spiro atoms. The molecule has 0 aliphatic rings. The predicted molar refractivity (Wildman–Crippen MR) is 147 cm³/mol. The zero-order valence-electron chi connectivity index (χ0n) is 24.6. The number of ether oxygens (including phenoxy) is 2. The molecule has 1 rings (SSSR count). The quantitative estimate of drug-likeness (QED) is 0.159. The van der Waals surface area contributed by atoms with Crippen molar-refractivity contribution in [1.29, 1.82) is 0 Å². The fourth-order valence-corrected chi connectivity index (χ4v) is 4.25. The minimum absolute atomic E-state index is 0.125. The van der Waals surface area contributed by atoms with E-state index in [1.54, 1.807) is 60.6 Å². The largest absolute Gasteiger partial charge is 0.539 e. The van der Waals surface area contributed by atoms with Gasteiger partial charge in [0.2, 0.25) is 0 Å². The Hall–Kier alpha value is -2.62. The van der Waals surface area contributed by atoms with Crippen molar-refractivity contribution < 1.29 is 28.4 Å². The summed E-state index contributed by atoms with van der Waals surface area (Å²) in [5, 5.41) is 14.6. The number of benzene rings is 1. The first-order valence-electron chi connectivity index (χ1n) is 12.7. The molecule has 0 aliphatic carbocycles. The average molecular weight is 539 g/mol. The second-order valence-corrected chi connectivity index (χ2v) is 17.9. The van der Waals surface area contributed by atoms with E-state index in [0.717, 1.165) is 0 Å². The number of nitrogens with one attached hydrogen (secondary N) is 1. The lowest BCUT2D eigenvalue weighted by Gasteiger charge is -2.36. The summed E-state index contributed by atoms with van der Waals surface area (Å²) >= 11 is 0. The molecule has 37 heavy (non-hydrogen) atoms. The van der Waals surface area contributed by atoms with Crippen LogP contribution in [0.2, 0.25) is 18.1 Å². The predicted octanol–water partition coefficient (Wildman–Crippen LogP) is 6.78. The zero-order valence-corrected chi connectivity index (χ0v) is 25.6. The first-order chi connectivity index (χ1) is 16.5. The minimum Gasteiger partial charge on any atom is -0.539 e. The fourth-order valence-electron chi connectivity index (χ4n) is 3.22. The van der Waals surface area contributed by atoms with Crippen molar-refractivity contribution in [2.24, 2.45) is 5.92 Å². The molecule has 10 heteroatoms. The van der Waals surface area contributed by atoms with Gasteiger partial charge in [0, 0.05) is 12.1 Å². The summed E-state index contributed by atoms with van der Waals surface area (Å²) < 4.78 is 17.1. The maximum absolute atomic E-state index is 12.6. The molecular weight excluding hydrogens is 492 g/mol.